The van der Waals surface area contributed by atoms with Gasteiger partial charge in [0.25, 0.3) is 0 Å². The molecule has 3 nitrogen and oxygen atoms in total. The number of aromatic nitrogens is 1. The van der Waals surface area contributed by atoms with Crippen LogP contribution in [0.2, 0.25) is 5.02 Å². The summed E-state index contributed by atoms with van der Waals surface area (Å²) in [6.07, 6.45) is 1.77. The lowest BCUT2D eigenvalue weighted by molar-refractivity contribution is 0.0684. The maximum Gasteiger partial charge on any atom is 0.352 e. The SMILES string of the molecule is CC(c1ccc(Cl)cc1)n1cc(Br)cc1C(=O)O. The molecule has 0 saturated heterocycles. The van der Waals surface area contributed by atoms with E-state index < -0.39 is 5.97 Å². The van der Waals surface area contributed by atoms with Gasteiger partial charge in [0.2, 0.25) is 0 Å². The number of carboxylic acid groups (broad SMARTS) is 1. The molecule has 1 heterocycles. The van der Waals surface area contributed by atoms with E-state index in [4.69, 9.17) is 16.7 Å². The zero-order valence-corrected chi connectivity index (χ0v) is 11.9. The monoisotopic (exact) mass is 327 g/mol. The van der Waals surface area contributed by atoms with E-state index in [2.05, 4.69) is 15.9 Å². The normalized spacial score (nSPS) is 12.4. The molecule has 5 heteroatoms. The van der Waals surface area contributed by atoms with Crippen LogP contribution in [0.1, 0.15) is 29.0 Å². The van der Waals surface area contributed by atoms with Gasteiger partial charge >= 0.3 is 5.97 Å². The lowest BCUT2D eigenvalue weighted by atomic mass is 10.1. The molecule has 2 aromatic rings. The van der Waals surface area contributed by atoms with Gasteiger partial charge < -0.3 is 9.67 Å². The number of aromatic carboxylic acids is 1. The predicted molar refractivity (Wildman–Crippen MR) is 74.4 cm³/mol. The van der Waals surface area contributed by atoms with Crippen LogP contribution in [-0.2, 0) is 0 Å². The van der Waals surface area contributed by atoms with Crippen LogP contribution in [0.3, 0.4) is 0 Å². The van der Waals surface area contributed by atoms with Crippen molar-refractivity contribution in [2.45, 2.75) is 13.0 Å². The second kappa shape index (κ2) is 5.16. The van der Waals surface area contributed by atoms with E-state index in [9.17, 15) is 4.79 Å². The van der Waals surface area contributed by atoms with E-state index >= 15 is 0 Å². The van der Waals surface area contributed by atoms with Crippen molar-refractivity contribution in [3.63, 3.8) is 0 Å². The number of halogens is 2. The van der Waals surface area contributed by atoms with E-state index in [0.29, 0.717) is 5.02 Å². The molecule has 0 bridgehead atoms. The molecule has 1 aromatic carbocycles. The molecular formula is C13H11BrClNO2. The number of benzene rings is 1. The lowest BCUT2D eigenvalue weighted by Gasteiger charge is -2.16. The maximum atomic E-state index is 11.2. The van der Waals surface area contributed by atoms with Crippen molar-refractivity contribution >= 4 is 33.5 Å². The van der Waals surface area contributed by atoms with Gasteiger partial charge in [-0.2, -0.15) is 0 Å². The largest absolute Gasteiger partial charge is 0.477 e. The highest BCUT2D eigenvalue weighted by Gasteiger charge is 2.17. The molecule has 0 saturated carbocycles. The van der Waals surface area contributed by atoms with Gasteiger partial charge in [-0.25, -0.2) is 4.79 Å². The topological polar surface area (TPSA) is 42.2 Å². The van der Waals surface area contributed by atoms with Crippen molar-refractivity contribution in [3.05, 3.63) is 57.3 Å². The Morgan fingerprint density at radius 2 is 2.00 bits per heavy atom. The van der Waals surface area contributed by atoms with Gasteiger partial charge in [0.05, 0.1) is 6.04 Å². The number of carboxylic acids is 1. The molecule has 0 aliphatic carbocycles. The Morgan fingerprint density at radius 1 is 1.39 bits per heavy atom. The van der Waals surface area contributed by atoms with Gasteiger partial charge in [0.1, 0.15) is 5.69 Å². The second-order valence-electron chi connectivity index (χ2n) is 3.98. The highest BCUT2D eigenvalue weighted by Crippen LogP contribution is 2.25. The van der Waals surface area contributed by atoms with E-state index in [1.165, 1.54) is 0 Å². The first-order valence-electron chi connectivity index (χ1n) is 5.35. The Morgan fingerprint density at radius 3 is 2.56 bits per heavy atom. The van der Waals surface area contributed by atoms with Crippen LogP contribution in [0.25, 0.3) is 0 Å². The number of hydrogen-bond acceptors (Lipinski definition) is 1. The fourth-order valence-electron chi connectivity index (χ4n) is 1.84. The fraction of sp³-hybridized carbons (Fsp3) is 0.154. The van der Waals surface area contributed by atoms with Gasteiger partial charge in [-0.3, -0.25) is 0 Å². The average Bonchev–Trinajstić information content (AvgIpc) is 2.71. The number of nitrogens with zero attached hydrogens (tertiary/aromatic N) is 1. The summed E-state index contributed by atoms with van der Waals surface area (Å²) < 4.78 is 2.47. The summed E-state index contributed by atoms with van der Waals surface area (Å²) in [5.41, 5.74) is 1.26. The minimum atomic E-state index is -0.943. The molecule has 94 valence electrons. The van der Waals surface area contributed by atoms with Gasteiger partial charge in [0, 0.05) is 15.7 Å². The molecule has 1 aromatic heterocycles. The Balaban J connectivity index is 2.42. The second-order valence-corrected chi connectivity index (χ2v) is 5.34. The number of rotatable bonds is 3. The fourth-order valence-corrected chi connectivity index (χ4v) is 2.40. The summed E-state index contributed by atoms with van der Waals surface area (Å²) in [6, 6.07) is 8.91. The van der Waals surface area contributed by atoms with Gasteiger partial charge in [-0.15, -0.1) is 0 Å². The molecule has 2 rings (SSSR count). The quantitative estimate of drug-likeness (QED) is 0.917. The van der Waals surface area contributed by atoms with Crippen molar-refractivity contribution in [1.82, 2.24) is 4.57 Å². The van der Waals surface area contributed by atoms with E-state index in [0.717, 1.165) is 10.0 Å². The van der Waals surface area contributed by atoms with Crippen LogP contribution in [0.5, 0.6) is 0 Å². The highest BCUT2D eigenvalue weighted by molar-refractivity contribution is 9.10. The molecule has 0 aliphatic rings. The van der Waals surface area contributed by atoms with E-state index in [1.807, 2.05) is 19.1 Å². The van der Waals surface area contributed by atoms with Crippen LogP contribution >= 0.6 is 27.5 Å². The van der Waals surface area contributed by atoms with Crippen LogP contribution < -0.4 is 0 Å². The molecule has 18 heavy (non-hydrogen) atoms. The van der Waals surface area contributed by atoms with Crippen molar-refractivity contribution in [2.24, 2.45) is 0 Å². The van der Waals surface area contributed by atoms with Gasteiger partial charge in [-0.1, -0.05) is 23.7 Å². The number of hydrogen-bond donors (Lipinski definition) is 1. The van der Waals surface area contributed by atoms with Crippen molar-refractivity contribution < 1.29 is 9.90 Å². The van der Waals surface area contributed by atoms with Crippen molar-refractivity contribution in [3.8, 4) is 0 Å². The van der Waals surface area contributed by atoms with Crippen LogP contribution in [0, 0.1) is 0 Å². The smallest absolute Gasteiger partial charge is 0.352 e. The minimum absolute atomic E-state index is 0.0698. The first-order valence-corrected chi connectivity index (χ1v) is 6.52. The summed E-state index contributed by atoms with van der Waals surface area (Å²) in [5, 5.41) is 9.82. The summed E-state index contributed by atoms with van der Waals surface area (Å²) >= 11 is 9.14. The van der Waals surface area contributed by atoms with Crippen LogP contribution in [-0.4, -0.2) is 15.6 Å². The van der Waals surface area contributed by atoms with E-state index in [-0.39, 0.29) is 11.7 Å². The Kier molecular flexibility index (Phi) is 3.78. The first-order chi connectivity index (χ1) is 8.49. The standard InChI is InChI=1S/C13H11BrClNO2/c1-8(9-2-4-11(15)5-3-9)16-7-10(14)6-12(16)13(17)18/h2-8H,1H3,(H,17,18). The van der Waals surface area contributed by atoms with Crippen LogP contribution in [0.4, 0.5) is 0 Å². The third-order valence-electron chi connectivity index (χ3n) is 2.80. The maximum absolute atomic E-state index is 11.2. The average molecular weight is 329 g/mol. The highest BCUT2D eigenvalue weighted by atomic mass is 79.9. The Labute approximate surface area is 118 Å². The van der Waals surface area contributed by atoms with Gasteiger partial charge in [0.15, 0.2) is 0 Å². The van der Waals surface area contributed by atoms with Gasteiger partial charge in [-0.05, 0) is 46.6 Å². The zero-order chi connectivity index (χ0) is 13.3. The summed E-state index contributed by atoms with van der Waals surface area (Å²) in [5.74, 6) is -0.943. The molecule has 0 spiro atoms. The molecule has 0 radical (unpaired) electrons. The Hall–Kier alpha value is -1.26. The summed E-state index contributed by atoms with van der Waals surface area (Å²) in [6.45, 7) is 1.95. The molecule has 0 aliphatic heterocycles. The molecule has 1 atom stereocenters. The summed E-state index contributed by atoms with van der Waals surface area (Å²) in [7, 11) is 0. The molecule has 0 fully saturated rings. The van der Waals surface area contributed by atoms with Crippen LogP contribution in [0.15, 0.2) is 41.0 Å². The lowest BCUT2D eigenvalue weighted by Crippen LogP contribution is -2.12. The van der Waals surface area contributed by atoms with Crippen molar-refractivity contribution in [2.75, 3.05) is 0 Å². The number of carbonyl (C=O) groups is 1. The molecule has 0 amide bonds. The third-order valence-corrected chi connectivity index (χ3v) is 3.49. The molecule has 1 unspecified atom stereocenters. The predicted octanol–water partition coefficient (Wildman–Crippen LogP) is 4.21. The minimum Gasteiger partial charge on any atom is -0.477 e. The summed E-state index contributed by atoms with van der Waals surface area (Å²) in [4.78, 5) is 11.2. The van der Waals surface area contributed by atoms with Crippen molar-refractivity contribution in [1.29, 1.82) is 0 Å². The first kappa shape index (κ1) is 13.2. The van der Waals surface area contributed by atoms with E-state index in [1.54, 1.807) is 29.0 Å². The molecule has 1 N–H and O–H groups in total. The zero-order valence-electron chi connectivity index (χ0n) is 9.60. The third kappa shape index (κ3) is 2.60. The molecular weight excluding hydrogens is 318 g/mol. The Bertz CT molecular complexity index is 577.